The Morgan fingerprint density at radius 2 is 2.15 bits per heavy atom. The first kappa shape index (κ1) is 14.5. The molecule has 6 heteroatoms. The maximum Gasteiger partial charge on any atom is 0.269 e. The summed E-state index contributed by atoms with van der Waals surface area (Å²) >= 11 is 0. The van der Waals surface area contributed by atoms with Gasteiger partial charge in [0.2, 0.25) is 5.91 Å². The number of likely N-dealkylation sites (tertiary alicyclic amines) is 1. The molecule has 1 amide bonds. The minimum Gasteiger partial charge on any atom is -0.342 e. The van der Waals surface area contributed by atoms with Gasteiger partial charge in [-0.1, -0.05) is 12.1 Å². The summed E-state index contributed by atoms with van der Waals surface area (Å²) in [6.07, 6.45) is 1.34. The SMILES string of the molecule is CNCC1CCN(C(=O)Cc2ccc([N+](=O)[O-])cc2)C1. The zero-order valence-corrected chi connectivity index (χ0v) is 11.5. The van der Waals surface area contributed by atoms with Crippen molar-refractivity contribution in [2.75, 3.05) is 26.7 Å². The molecule has 1 fully saturated rings. The van der Waals surface area contributed by atoms with Crippen molar-refractivity contribution >= 4 is 11.6 Å². The molecular weight excluding hydrogens is 258 g/mol. The van der Waals surface area contributed by atoms with Gasteiger partial charge in [0, 0.05) is 25.2 Å². The van der Waals surface area contributed by atoms with Crippen LogP contribution in [0.4, 0.5) is 5.69 Å². The second-order valence-electron chi connectivity index (χ2n) is 5.15. The average molecular weight is 277 g/mol. The van der Waals surface area contributed by atoms with Gasteiger partial charge in [0.25, 0.3) is 5.69 Å². The summed E-state index contributed by atoms with van der Waals surface area (Å²) in [7, 11) is 1.92. The van der Waals surface area contributed by atoms with E-state index in [0.717, 1.165) is 31.6 Å². The van der Waals surface area contributed by atoms with Gasteiger partial charge in [-0.3, -0.25) is 14.9 Å². The molecule has 1 atom stereocenters. The Bertz CT molecular complexity index is 487. The van der Waals surface area contributed by atoms with Crippen molar-refractivity contribution in [1.29, 1.82) is 0 Å². The second-order valence-corrected chi connectivity index (χ2v) is 5.15. The normalized spacial score (nSPS) is 18.2. The summed E-state index contributed by atoms with van der Waals surface area (Å²) in [6.45, 7) is 2.53. The van der Waals surface area contributed by atoms with Gasteiger partial charge in [-0.2, -0.15) is 0 Å². The van der Waals surface area contributed by atoms with E-state index in [4.69, 9.17) is 0 Å². The van der Waals surface area contributed by atoms with Crippen LogP contribution in [-0.2, 0) is 11.2 Å². The Kier molecular flexibility index (Phi) is 4.68. The molecule has 1 saturated heterocycles. The van der Waals surface area contributed by atoms with Gasteiger partial charge in [0.15, 0.2) is 0 Å². The molecule has 20 heavy (non-hydrogen) atoms. The van der Waals surface area contributed by atoms with Crippen LogP contribution in [0.15, 0.2) is 24.3 Å². The molecule has 1 aromatic rings. The molecule has 0 radical (unpaired) electrons. The summed E-state index contributed by atoms with van der Waals surface area (Å²) in [4.78, 5) is 24.2. The Morgan fingerprint density at radius 1 is 1.45 bits per heavy atom. The maximum absolute atomic E-state index is 12.2. The first-order valence-corrected chi connectivity index (χ1v) is 6.76. The Hall–Kier alpha value is -1.95. The number of nitro groups is 1. The quantitative estimate of drug-likeness (QED) is 0.648. The van der Waals surface area contributed by atoms with Gasteiger partial charge in [0.05, 0.1) is 11.3 Å². The zero-order chi connectivity index (χ0) is 14.5. The number of nitrogens with one attached hydrogen (secondary N) is 1. The van der Waals surface area contributed by atoms with Gasteiger partial charge in [0.1, 0.15) is 0 Å². The summed E-state index contributed by atoms with van der Waals surface area (Å²) in [5.74, 6) is 0.623. The molecule has 2 rings (SSSR count). The van der Waals surface area contributed by atoms with Crippen molar-refractivity contribution in [3.8, 4) is 0 Å². The smallest absolute Gasteiger partial charge is 0.269 e. The van der Waals surface area contributed by atoms with E-state index in [1.165, 1.54) is 12.1 Å². The number of hydrogen-bond acceptors (Lipinski definition) is 4. The highest BCUT2D eigenvalue weighted by Crippen LogP contribution is 2.18. The summed E-state index contributed by atoms with van der Waals surface area (Å²) < 4.78 is 0. The molecule has 1 aliphatic heterocycles. The number of hydrogen-bond donors (Lipinski definition) is 1. The fourth-order valence-electron chi connectivity index (χ4n) is 2.54. The predicted molar refractivity (Wildman–Crippen MR) is 75.4 cm³/mol. The predicted octanol–water partition coefficient (Wildman–Crippen LogP) is 1.21. The zero-order valence-electron chi connectivity index (χ0n) is 11.5. The van der Waals surface area contributed by atoms with Crippen molar-refractivity contribution in [3.05, 3.63) is 39.9 Å². The summed E-state index contributed by atoms with van der Waals surface area (Å²) in [5.41, 5.74) is 0.870. The molecule has 0 spiro atoms. The molecule has 108 valence electrons. The molecule has 1 heterocycles. The van der Waals surface area contributed by atoms with Gasteiger partial charge in [-0.15, -0.1) is 0 Å². The third-order valence-electron chi connectivity index (χ3n) is 3.63. The number of nitrogens with zero attached hydrogens (tertiary/aromatic N) is 2. The Labute approximate surface area is 117 Å². The monoisotopic (exact) mass is 277 g/mol. The molecule has 0 aliphatic carbocycles. The minimum absolute atomic E-state index is 0.0523. The molecule has 0 bridgehead atoms. The highest BCUT2D eigenvalue weighted by atomic mass is 16.6. The number of carbonyl (C=O) groups excluding carboxylic acids is 1. The Morgan fingerprint density at radius 3 is 2.75 bits per heavy atom. The van der Waals surface area contributed by atoms with Crippen LogP contribution < -0.4 is 5.32 Å². The van der Waals surface area contributed by atoms with Gasteiger partial charge < -0.3 is 10.2 Å². The van der Waals surface area contributed by atoms with Crippen LogP contribution in [0.2, 0.25) is 0 Å². The molecule has 1 aliphatic rings. The van der Waals surface area contributed by atoms with Crippen LogP contribution in [-0.4, -0.2) is 42.4 Å². The largest absolute Gasteiger partial charge is 0.342 e. The van der Waals surface area contributed by atoms with E-state index in [2.05, 4.69) is 5.32 Å². The lowest BCUT2D eigenvalue weighted by Crippen LogP contribution is -2.31. The van der Waals surface area contributed by atoms with E-state index in [1.54, 1.807) is 12.1 Å². The van der Waals surface area contributed by atoms with Gasteiger partial charge in [-0.05, 0) is 31.5 Å². The van der Waals surface area contributed by atoms with Crippen molar-refractivity contribution < 1.29 is 9.72 Å². The maximum atomic E-state index is 12.2. The lowest BCUT2D eigenvalue weighted by molar-refractivity contribution is -0.384. The first-order chi connectivity index (χ1) is 9.60. The highest BCUT2D eigenvalue weighted by molar-refractivity contribution is 5.79. The van der Waals surface area contributed by atoms with Crippen molar-refractivity contribution in [2.24, 2.45) is 5.92 Å². The molecule has 0 saturated carbocycles. The van der Waals surface area contributed by atoms with Crippen LogP contribution in [0.25, 0.3) is 0 Å². The van der Waals surface area contributed by atoms with Crippen LogP contribution in [0.1, 0.15) is 12.0 Å². The van der Waals surface area contributed by atoms with E-state index < -0.39 is 4.92 Å². The molecule has 1 aromatic carbocycles. The van der Waals surface area contributed by atoms with Crippen molar-refractivity contribution in [3.63, 3.8) is 0 Å². The molecule has 1 N–H and O–H groups in total. The standard InChI is InChI=1S/C14H19N3O3/c1-15-9-12-6-7-16(10-12)14(18)8-11-2-4-13(5-3-11)17(19)20/h2-5,12,15H,6-10H2,1H3. The lowest BCUT2D eigenvalue weighted by atomic mass is 10.1. The lowest BCUT2D eigenvalue weighted by Gasteiger charge is -2.16. The molecule has 0 aromatic heterocycles. The van der Waals surface area contributed by atoms with Gasteiger partial charge >= 0.3 is 0 Å². The molecule has 6 nitrogen and oxygen atoms in total. The van der Waals surface area contributed by atoms with E-state index >= 15 is 0 Å². The van der Waals surface area contributed by atoms with Crippen molar-refractivity contribution in [1.82, 2.24) is 10.2 Å². The van der Waals surface area contributed by atoms with E-state index in [-0.39, 0.29) is 11.6 Å². The summed E-state index contributed by atoms with van der Waals surface area (Å²) in [5, 5.41) is 13.7. The number of non-ortho nitro benzene ring substituents is 1. The fraction of sp³-hybridized carbons (Fsp3) is 0.500. The number of amides is 1. The number of benzene rings is 1. The molecular formula is C14H19N3O3. The van der Waals surface area contributed by atoms with Crippen LogP contribution in [0, 0.1) is 16.0 Å². The van der Waals surface area contributed by atoms with Crippen LogP contribution >= 0.6 is 0 Å². The minimum atomic E-state index is -0.436. The average Bonchev–Trinajstić information content (AvgIpc) is 2.88. The topological polar surface area (TPSA) is 75.5 Å². The van der Waals surface area contributed by atoms with Crippen LogP contribution in [0.3, 0.4) is 0 Å². The number of nitro benzene ring substituents is 1. The second kappa shape index (κ2) is 6.47. The van der Waals surface area contributed by atoms with Gasteiger partial charge in [-0.25, -0.2) is 0 Å². The number of carbonyl (C=O) groups is 1. The third-order valence-corrected chi connectivity index (χ3v) is 3.63. The van der Waals surface area contributed by atoms with Crippen molar-refractivity contribution in [2.45, 2.75) is 12.8 Å². The van der Waals surface area contributed by atoms with E-state index in [9.17, 15) is 14.9 Å². The third kappa shape index (κ3) is 3.54. The number of rotatable bonds is 5. The summed E-state index contributed by atoms with van der Waals surface area (Å²) in [6, 6.07) is 6.18. The van der Waals surface area contributed by atoms with Crippen LogP contribution in [0.5, 0.6) is 0 Å². The Balaban J connectivity index is 1.90. The first-order valence-electron chi connectivity index (χ1n) is 6.76. The fourth-order valence-corrected chi connectivity index (χ4v) is 2.54. The van der Waals surface area contributed by atoms with E-state index in [0.29, 0.717) is 12.3 Å². The molecule has 1 unspecified atom stereocenters. The highest BCUT2D eigenvalue weighted by Gasteiger charge is 2.25. The van der Waals surface area contributed by atoms with E-state index in [1.807, 2.05) is 11.9 Å².